The molecule has 0 spiro atoms. The number of imidazole rings is 1. The van der Waals surface area contributed by atoms with Crippen LogP contribution in [-0.4, -0.2) is 9.38 Å². The van der Waals surface area contributed by atoms with Gasteiger partial charge in [0, 0.05) is 6.20 Å². The van der Waals surface area contributed by atoms with Crippen LogP contribution in [0, 0.1) is 6.92 Å². The normalized spacial score (nSPS) is 11.7. The summed E-state index contributed by atoms with van der Waals surface area (Å²) in [4.78, 5) is 5.35. The standard InChI is InChI=1S/C10H6Cl2N2S/c1-5-4-14-9-7(15-10(14)13-5)3-2-6(11)8(9)12/h2-4H,1H3. The number of hydrogen-bond acceptors (Lipinski definition) is 2. The first-order valence-electron chi connectivity index (χ1n) is 4.39. The predicted molar refractivity (Wildman–Crippen MR) is 65.3 cm³/mol. The summed E-state index contributed by atoms with van der Waals surface area (Å²) in [6.45, 7) is 1.96. The number of rotatable bonds is 0. The third kappa shape index (κ3) is 1.27. The lowest BCUT2D eigenvalue weighted by Crippen LogP contribution is -1.79. The number of benzene rings is 1. The highest BCUT2D eigenvalue weighted by Gasteiger charge is 2.12. The van der Waals surface area contributed by atoms with Crippen molar-refractivity contribution in [2.24, 2.45) is 0 Å². The number of nitrogens with zero attached hydrogens (tertiary/aromatic N) is 2. The molecule has 0 unspecified atom stereocenters. The average molecular weight is 257 g/mol. The van der Waals surface area contributed by atoms with E-state index in [0.29, 0.717) is 10.0 Å². The number of fused-ring (bicyclic) bond motifs is 3. The Kier molecular flexibility index (Phi) is 1.96. The summed E-state index contributed by atoms with van der Waals surface area (Å²) in [5.41, 5.74) is 1.93. The summed E-state index contributed by atoms with van der Waals surface area (Å²) >= 11 is 13.8. The van der Waals surface area contributed by atoms with Crippen LogP contribution in [0.4, 0.5) is 0 Å². The van der Waals surface area contributed by atoms with E-state index in [-0.39, 0.29) is 0 Å². The Morgan fingerprint density at radius 2 is 2.13 bits per heavy atom. The number of hydrogen-bond donors (Lipinski definition) is 0. The topological polar surface area (TPSA) is 17.3 Å². The molecule has 1 aromatic carbocycles. The summed E-state index contributed by atoms with van der Waals surface area (Å²) < 4.78 is 3.09. The van der Waals surface area contributed by atoms with Crippen LogP contribution in [0.2, 0.25) is 10.0 Å². The fourth-order valence-corrected chi connectivity index (χ4v) is 3.16. The van der Waals surface area contributed by atoms with Gasteiger partial charge in [0.05, 0.1) is 26.0 Å². The minimum absolute atomic E-state index is 0.579. The molecule has 76 valence electrons. The second-order valence-electron chi connectivity index (χ2n) is 3.35. The highest BCUT2D eigenvalue weighted by molar-refractivity contribution is 7.23. The Labute approximate surface area is 100 Å². The molecule has 0 radical (unpaired) electrons. The van der Waals surface area contributed by atoms with Crippen molar-refractivity contribution in [3.05, 3.63) is 34.1 Å². The van der Waals surface area contributed by atoms with E-state index in [1.807, 2.05) is 29.7 Å². The van der Waals surface area contributed by atoms with E-state index in [1.165, 1.54) is 0 Å². The molecule has 0 atom stereocenters. The van der Waals surface area contributed by atoms with Gasteiger partial charge in [0.1, 0.15) is 0 Å². The van der Waals surface area contributed by atoms with Crippen molar-refractivity contribution in [1.82, 2.24) is 9.38 Å². The molecular weight excluding hydrogens is 251 g/mol. The fraction of sp³-hybridized carbons (Fsp3) is 0.100. The molecule has 5 heteroatoms. The lowest BCUT2D eigenvalue weighted by Gasteiger charge is -1.97. The van der Waals surface area contributed by atoms with Crippen LogP contribution < -0.4 is 0 Å². The quantitative estimate of drug-likeness (QED) is 0.591. The summed E-state index contributed by atoms with van der Waals surface area (Å²) in [6.07, 6.45) is 1.97. The number of halogens is 2. The maximum absolute atomic E-state index is 6.18. The molecule has 0 amide bonds. The highest BCUT2D eigenvalue weighted by atomic mass is 35.5. The molecule has 0 bridgehead atoms. The smallest absolute Gasteiger partial charge is 0.194 e. The van der Waals surface area contributed by atoms with E-state index in [0.717, 1.165) is 20.9 Å². The zero-order chi connectivity index (χ0) is 10.6. The molecule has 0 fully saturated rings. The van der Waals surface area contributed by atoms with Crippen molar-refractivity contribution in [3.63, 3.8) is 0 Å². The van der Waals surface area contributed by atoms with Gasteiger partial charge in [-0.1, -0.05) is 34.5 Å². The van der Waals surface area contributed by atoms with E-state index in [4.69, 9.17) is 23.2 Å². The van der Waals surface area contributed by atoms with Gasteiger partial charge in [0.25, 0.3) is 0 Å². The minimum Gasteiger partial charge on any atom is -0.288 e. The van der Waals surface area contributed by atoms with Crippen LogP contribution in [-0.2, 0) is 0 Å². The molecule has 15 heavy (non-hydrogen) atoms. The summed E-state index contributed by atoms with van der Waals surface area (Å²) in [7, 11) is 0. The van der Waals surface area contributed by atoms with Crippen molar-refractivity contribution in [2.45, 2.75) is 6.92 Å². The van der Waals surface area contributed by atoms with E-state index in [1.54, 1.807) is 11.3 Å². The zero-order valence-electron chi connectivity index (χ0n) is 7.79. The molecule has 0 N–H and O–H groups in total. The van der Waals surface area contributed by atoms with Gasteiger partial charge in [0.2, 0.25) is 0 Å². The monoisotopic (exact) mass is 256 g/mol. The first-order chi connectivity index (χ1) is 7.16. The molecule has 3 rings (SSSR count). The number of aromatic nitrogens is 2. The van der Waals surface area contributed by atoms with E-state index in [2.05, 4.69) is 4.98 Å². The van der Waals surface area contributed by atoms with Crippen molar-refractivity contribution < 1.29 is 0 Å². The van der Waals surface area contributed by atoms with E-state index < -0.39 is 0 Å². The third-order valence-corrected chi connectivity index (χ3v) is 4.08. The molecule has 2 aromatic heterocycles. The second-order valence-corrected chi connectivity index (χ2v) is 5.14. The minimum atomic E-state index is 0.579. The molecule has 2 nitrogen and oxygen atoms in total. The summed E-state index contributed by atoms with van der Waals surface area (Å²) in [6, 6.07) is 3.78. The second kappa shape index (κ2) is 3.11. The number of aryl methyl sites for hydroxylation is 1. The molecule has 0 aliphatic heterocycles. The van der Waals surface area contributed by atoms with Gasteiger partial charge >= 0.3 is 0 Å². The maximum Gasteiger partial charge on any atom is 0.194 e. The van der Waals surface area contributed by atoms with Crippen LogP contribution in [0.3, 0.4) is 0 Å². The molecular formula is C10H6Cl2N2S. The van der Waals surface area contributed by atoms with Crippen LogP contribution >= 0.6 is 34.5 Å². The molecule has 3 aromatic rings. The molecule has 0 saturated carbocycles. The highest BCUT2D eigenvalue weighted by Crippen LogP contribution is 2.35. The van der Waals surface area contributed by atoms with E-state index >= 15 is 0 Å². The van der Waals surface area contributed by atoms with Crippen molar-refractivity contribution >= 4 is 49.7 Å². The van der Waals surface area contributed by atoms with Crippen molar-refractivity contribution in [3.8, 4) is 0 Å². The SMILES string of the molecule is Cc1cn2c(n1)sc1ccc(Cl)c(Cl)c12. The third-order valence-electron chi connectivity index (χ3n) is 2.27. The van der Waals surface area contributed by atoms with Crippen molar-refractivity contribution in [1.29, 1.82) is 0 Å². The van der Waals surface area contributed by atoms with E-state index in [9.17, 15) is 0 Å². The Bertz CT molecular complexity index is 669. The molecule has 0 aliphatic carbocycles. The summed E-state index contributed by atoms with van der Waals surface area (Å²) in [5, 5.41) is 1.17. The molecule has 0 aliphatic rings. The Morgan fingerprint density at radius 1 is 1.33 bits per heavy atom. The number of thiazole rings is 1. The first kappa shape index (κ1) is 9.46. The zero-order valence-corrected chi connectivity index (χ0v) is 10.1. The van der Waals surface area contributed by atoms with Gasteiger partial charge in [-0.15, -0.1) is 0 Å². The fourth-order valence-electron chi connectivity index (χ4n) is 1.64. The van der Waals surface area contributed by atoms with Gasteiger partial charge < -0.3 is 0 Å². The predicted octanol–water partition coefficient (Wildman–Crippen LogP) is 4.16. The van der Waals surface area contributed by atoms with Gasteiger partial charge in [-0.3, -0.25) is 4.40 Å². The lowest BCUT2D eigenvalue weighted by molar-refractivity contribution is 1.28. The van der Waals surface area contributed by atoms with Crippen LogP contribution in [0.1, 0.15) is 5.69 Å². The summed E-state index contributed by atoms with van der Waals surface area (Å²) in [5.74, 6) is 0. The Morgan fingerprint density at radius 3 is 2.93 bits per heavy atom. The van der Waals surface area contributed by atoms with Crippen LogP contribution in [0.15, 0.2) is 18.3 Å². The Hall–Kier alpha value is -0.770. The van der Waals surface area contributed by atoms with Gasteiger partial charge in [-0.2, -0.15) is 0 Å². The van der Waals surface area contributed by atoms with Gasteiger partial charge in [-0.05, 0) is 19.1 Å². The van der Waals surface area contributed by atoms with Crippen LogP contribution in [0.5, 0.6) is 0 Å². The Balaban J connectivity index is 2.59. The molecule has 0 saturated heterocycles. The molecule has 2 heterocycles. The largest absolute Gasteiger partial charge is 0.288 e. The van der Waals surface area contributed by atoms with Crippen molar-refractivity contribution in [2.75, 3.05) is 0 Å². The van der Waals surface area contributed by atoms with Gasteiger partial charge in [-0.25, -0.2) is 4.98 Å². The van der Waals surface area contributed by atoms with Crippen LogP contribution in [0.25, 0.3) is 15.2 Å². The maximum atomic E-state index is 6.18. The average Bonchev–Trinajstić information content (AvgIpc) is 2.67. The lowest BCUT2D eigenvalue weighted by atomic mass is 10.3. The van der Waals surface area contributed by atoms with Gasteiger partial charge in [0.15, 0.2) is 4.96 Å². The first-order valence-corrected chi connectivity index (χ1v) is 5.96.